The Bertz CT molecular complexity index is 972. The number of halogens is 3. The number of fused-ring (bicyclic) bond motifs is 1. The summed E-state index contributed by atoms with van der Waals surface area (Å²) in [5.74, 6) is 0.456. The maximum absolute atomic E-state index is 13.0. The minimum Gasteiger partial charge on any atom is -0.507 e. The van der Waals surface area contributed by atoms with Crippen LogP contribution in [0, 0.1) is 18.7 Å². The number of aromatic hydroxyl groups is 1. The van der Waals surface area contributed by atoms with Gasteiger partial charge in [-0.2, -0.15) is 0 Å². The van der Waals surface area contributed by atoms with Crippen LogP contribution in [0.4, 0.5) is 14.9 Å². The molecule has 2 aromatic carbocycles. The van der Waals surface area contributed by atoms with Crippen LogP contribution in [0.1, 0.15) is 35.6 Å². The molecule has 4 rings (SSSR count). The lowest BCUT2D eigenvalue weighted by molar-refractivity contribution is -0.0645. The Morgan fingerprint density at radius 2 is 1.86 bits per heavy atom. The number of benzene rings is 2. The number of nitrogens with one attached hydrogen (secondary N) is 2. The van der Waals surface area contributed by atoms with E-state index >= 15 is 0 Å². The van der Waals surface area contributed by atoms with Gasteiger partial charge < -0.3 is 31.1 Å². The number of ether oxygens (including phenoxy) is 1. The van der Waals surface area contributed by atoms with Gasteiger partial charge in [-0.15, -0.1) is 34.0 Å². The number of nitrogens with zero attached hydrogens (tertiary/aromatic N) is 1. The summed E-state index contributed by atoms with van der Waals surface area (Å²) in [5, 5.41) is 16.2. The summed E-state index contributed by atoms with van der Waals surface area (Å²) in [6, 6.07) is 9.34. The summed E-state index contributed by atoms with van der Waals surface area (Å²) in [6.07, 6.45) is 2.61. The highest BCUT2D eigenvalue weighted by molar-refractivity contribution is 8.93. The number of hydrogen-bond donors (Lipinski definition) is 4. The van der Waals surface area contributed by atoms with Crippen molar-refractivity contribution in [3.63, 3.8) is 0 Å². The van der Waals surface area contributed by atoms with E-state index in [4.69, 9.17) is 10.5 Å². The SMILES string of the molecule is Br.Br.Cc1ccc2c(c1O)CC(C1CCN(CCNC(=O)Nc3ccc(F)cc3)CC1)OC2CN. The highest BCUT2D eigenvalue weighted by atomic mass is 79.9. The first-order valence-electron chi connectivity index (χ1n) is 11.6. The second kappa shape index (κ2) is 13.5. The minimum atomic E-state index is -0.336. The van der Waals surface area contributed by atoms with Crippen molar-refractivity contribution < 1.29 is 19.0 Å². The fourth-order valence-electron chi connectivity index (χ4n) is 4.86. The standard InChI is InChI=1S/C25H33FN4O3.2BrH/c1-16-2-7-20-21(24(16)31)14-22(33-23(20)15-27)17-8-11-30(12-9-17)13-10-28-25(32)29-19-5-3-18(26)4-6-19;;/h2-7,17,22-23,31H,8-15,27H2,1H3,(H2,28,29,32);2*1H. The first-order chi connectivity index (χ1) is 15.9. The zero-order chi connectivity index (χ0) is 23.4. The van der Waals surface area contributed by atoms with E-state index in [2.05, 4.69) is 15.5 Å². The van der Waals surface area contributed by atoms with Gasteiger partial charge in [0.2, 0.25) is 0 Å². The van der Waals surface area contributed by atoms with Crippen molar-refractivity contribution in [2.45, 2.75) is 38.4 Å². The third kappa shape index (κ3) is 7.39. The van der Waals surface area contributed by atoms with Crippen molar-refractivity contribution in [3.8, 4) is 5.75 Å². The Labute approximate surface area is 227 Å². The molecule has 2 heterocycles. The first kappa shape index (κ1) is 29.5. The summed E-state index contributed by atoms with van der Waals surface area (Å²) >= 11 is 0. The number of hydrogen-bond acceptors (Lipinski definition) is 5. The molecule has 0 aromatic heterocycles. The minimum absolute atomic E-state index is 0. The van der Waals surface area contributed by atoms with Crippen LogP contribution in [0.15, 0.2) is 36.4 Å². The maximum Gasteiger partial charge on any atom is 0.319 e. The molecule has 0 spiro atoms. The van der Waals surface area contributed by atoms with Gasteiger partial charge in [-0.3, -0.25) is 0 Å². The number of amides is 2. The monoisotopic (exact) mass is 616 g/mol. The number of phenols is 1. The van der Waals surface area contributed by atoms with Crippen LogP contribution in [-0.2, 0) is 11.2 Å². The summed E-state index contributed by atoms with van der Waals surface area (Å²) in [5.41, 5.74) is 9.42. The van der Waals surface area contributed by atoms with Gasteiger partial charge in [0.05, 0.1) is 12.2 Å². The Balaban J connectivity index is 0.00000216. The van der Waals surface area contributed by atoms with Gasteiger partial charge in [0.1, 0.15) is 11.6 Å². The van der Waals surface area contributed by atoms with Crippen LogP contribution >= 0.6 is 34.0 Å². The second-order valence-electron chi connectivity index (χ2n) is 8.97. The predicted octanol–water partition coefficient (Wildman–Crippen LogP) is 4.47. The van der Waals surface area contributed by atoms with Crippen LogP contribution in [0.25, 0.3) is 0 Å². The fourth-order valence-corrected chi connectivity index (χ4v) is 4.86. The summed E-state index contributed by atoms with van der Waals surface area (Å²) < 4.78 is 19.3. The first-order valence-corrected chi connectivity index (χ1v) is 11.6. The topological polar surface area (TPSA) is 99.8 Å². The van der Waals surface area contributed by atoms with Gasteiger partial charge in [0.15, 0.2) is 0 Å². The maximum atomic E-state index is 13.0. The molecule has 2 amide bonds. The van der Waals surface area contributed by atoms with E-state index in [1.807, 2.05) is 19.1 Å². The van der Waals surface area contributed by atoms with E-state index in [9.17, 15) is 14.3 Å². The normalized spacial score (nSPS) is 20.2. The Morgan fingerprint density at radius 3 is 2.51 bits per heavy atom. The number of piperidine rings is 1. The van der Waals surface area contributed by atoms with Crippen LogP contribution in [0.3, 0.4) is 0 Å². The molecule has 35 heavy (non-hydrogen) atoms. The van der Waals surface area contributed by atoms with E-state index in [0.29, 0.717) is 30.4 Å². The molecule has 5 N–H and O–H groups in total. The summed E-state index contributed by atoms with van der Waals surface area (Å²) in [4.78, 5) is 14.4. The molecule has 0 aliphatic carbocycles. The largest absolute Gasteiger partial charge is 0.507 e. The highest BCUT2D eigenvalue weighted by Gasteiger charge is 2.35. The van der Waals surface area contributed by atoms with E-state index in [1.54, 1.807) is 0 Å². The van der Waals surface area contributed by atoms with Crippen LogP contribution in [0.2, 0.25) is 0 Å². The number of carbonyl (C=O) groups is 1. The lowest BCUT2D eigenvalue weighted by atomic mass is 9.83. The number of nitrogens with two attached hydrogens (primary N) is 1. The van der Waals surface area contributed by atoms with Gasteiger partial charge in [0, 0.05) is 37.3 Å². The highest BCUT2D eigenvalue weighted by Crippen LogP contribution is 2.40. The van der Waals surface area contributed by atoms with E-state index in [-0.39, 0.29) is 58.0 Å². The Hall–Kier alpha value is -1.72. The smallest absolute Gasteiger partial charge is 0.319 e. The number of anilines is 1. The number of rotatable bonds is 6. The molecule has 10 heteroatoms. The van der Waals surface area contributed by atoms with Crippen molar-refractivity contribution in [1.82, 2.24) is 10.2 Å². The third-order valence-electron chi connectivity index (χ3n) is 6.80. The van der Waals surface area contributed by atoms with Crippen molar-refractivity contribution in [1.29, 1.82) is 0 Å². The van der Waals surface area contributed by atoms with Crippen LogP contribution < -0.4 is 16.4 Å². The van der Waals surface area contributed by atoms with E-state index < -0.39 is 0 Å². The molecule has 2 aliphatic rings. The number of phenolic OH excluding ortho intramolecular Hbond substituents is 1. The molecule has 2 unspecified atom stereocenters. The van der Waals surface area contributed by atoms with Gasteiger partial charge in [-0.05, 0) is 74.2 Å². The van der Waals surface area contributed by atoms with E-state index in [0.717, 1.165) is 55.6 Å². The Kier molecular flexibility index (Phi) is 11.4. The van der Waals surface area contributed by atoms with Crippen LogP contribution in [0.5, 0.6) is 5.75 Å². The molecular formula is C25H35Br2FN4O3. The van der Waals surface area contributed by atoms with Crippen LogP contribution in [-0.4, -0.2) is 54.9 Å². The molecule has 194 valence electrons. The number of urea groups is 1. The molecule has 2 aromatic rings. The average Bonchev–Trinajstić information content (AvgIpc) is 2.83. The number of aryl methyl sites for hydroxylation is 1. The van der Waals surface area contributed by atoms with Gasteiger partial charge >= 0.3 is 6.03 Å². The fraction of sp³-hybridized carbons (Fsp3) is 0.480. The van der Waals surface area contributed by atoms with E-state index in [1.165, 1.54) is 24.3 Å². The van der Waals surface area contributed by atoms with Gasteiger partial charge in [0.25, 0.3) is 0 Å². The molecule has 1 saturated heterocycles. The van der Waals surface area contributed by atoms with Crippen molar-refractivity contribution in [3.05, 3.63) is 58.9 Å². The van der Waals surface area contributed by atoms with Crippen molar-refractivity contribution in [2.75, 3.05) is 38.0 Å². The molecule has 0 saturated carbocycles. The van der Waals surface area contributed by atoms with Crippen molar-refractivity contribution in [2.24, 2.45) is 11.7 Å². The predicted molar refractivity (Wildman–Crippen MR) is 146 cm³/mol. The molecule has 2 aliphatic heterocycles. The lowest BCUT2D eigenvalue weighted by Gasteiger charge is -2.40. The number of carbonyl (C=O) groups excluding carboxylic acids is 1. The summed E-state index contributed by atoms with van der Waals surface area (Å²) in [6.45, 7) is 5.49. The zero-order valence-electron chi connectivity index (χ0n) is 19.8. The molecular weight excluding hydrogens is 583 g/mol. The Morgan fingerprint density at radius 1 is 1.17 bits per heavy atom. The molecule has 1 fully saturated rings. The zero-order valence-corrected chi connectivity index (χ0v) is 23.3. The quantitative estimate of drug-likeness (QED) is 0.383. The molecule has 7 nitrogen and oxygen atoms in total. The third-order valence-corrected chi connectivity index (χ3v) is 6.80. The molecule has 0 radical (unpaired) electrons. The second-order valence-corrected chi connectivity index (χ2v) is 8.97. The summed E-state index contributed by atoms with van der Waals surface area (Å²) in [7, 11) is 0. The molecule has 0 bridgehead atoms. The molecule has 2 atom stereocenters. The van der Waals surface area contributed by atoms with Gasteiger partial charge in [-0.25, -0.2) is 9.18 Å². The lowest BCUT2D eigenvalue weighted by Crippen LogP contribution is -2.44. The van der Waals surface area contributed by atoms with Gasteiger partial charge in [-0.1, -0.05) is 12.1 Å². The van der Waals surface area contributed by atoms with Crippen molar-refractivity contribution >= 4 is 45.7 Å². The number of likely N-dealkylation sites (tertiary alicyclic amines) is 1. The average molecular weight is 618 g/mol.